The predicted molar refractivity (Wildman–Crippen MR) is 79.2 cm³/mol. The van der Waals surface area contributed by atoms with Gasteiger partial charge in [-0.25, -0.2) is 0 Å². The Hall–Kier alpha value is -1.59. The Labute approximate surface area is 125 Å². The summed E-state index contributed by atoms with van der Waals surface area (Å²) in [5, 5.41) is 8.95. The molecule has 0 radical (unpaired) electrons. The lowest BCUT2D eigenvalue weighted by Gasteiger charge is -2.37. The number of benzene rings is 1. The van der Waals surface area contributed by atoms with Crippen LogP contribution in [0.3, 0.4) is 0 Å². The fourth-order valence-electron chi connectivity index (χ4n) is 3.08. The van der Waals surface area contributed by atoms with E-state index in [0.717, 1.165) is 43.9 Å². The summed E-state index contributed by atoms with van der Waals surface area (Å²) in [4.78, 5) is 16.7. The number of rotatable bonds is 3. The molecule has 1 saturated heterocycles. The Morgan fingerprint density at radius 1 is 1.24 bits per heavy atom. The number of hydrogen-bond donors (Lipinski definition) is 1. The highest BCUT2D eigenvalue weighted by Gasteiger charge is 2.31. The molecule has 2 aliphatic rings. The maximum Gasteiger partial charge on any atom is 0.229 e. The molecule has 0 aliphatic carbocycles. The largest absolute Gasteiger partial charge is 0.492 e. The van der Waals surface area contributed by atoms with Gasteiger partial charge in [0.2, 0.25) is 5.91 Å². The number of aliphatic hydroxyl groups excluding tert-OH is 1. The van der Waals surface area contributed by atoms with Crippen molar-refractivity contribution in [2.45, 2.75) is 6.42 Å². The number of carbonyl (C=O) groups is 1. The molecule has 1 unspecified atom stereocenters. The summed E-state index contributed by atoms with van der Waals surface area (Å²) in [5.74, 6) is 1.05. The van der Waals surface area contributed by atoms with Gasteiger partial charge in [-0.15, -0.1) is 0 Å². The third-order valence-corrected chi connectivity index (χ3v) is 4.33. The average Bonchev–Trinajstić information content (AvgIpc) is 2.55. The lowest BCUT2D eigenvalue weighted by Crippen LogP contribution is -2.52. The van der Waals surface area contributed by atoms with Crippen molar-refractivity contribution < 1.29 is 14.6 Å². The van der Waals surface area contributed by atoms with Gasteiger partial charge >= 0.3 is 0 Å². The molecule has 3 rings (SSSR count). The quantitative estimate of drug-likeness (QED) is 0.874. The van der Waals surface area contributed by atoms with Crippen molar-refractivity contribution in [3.8, 4) is 5.75 Å². The van der Waals surface area contributed by atoms with E-state index < -0.39 is 0 Å². The van der Waals surface area contributed by atoms with Crippen molar-refractivity contribution in [2.24, 2.45) is 5.92 Å². The molecule has 0 spiro atoms. The minimum Gasteiger partial charge on any atom is -0.492 e. The Morgan fingerprint density at radius 3 is 2.76 bits per heavy atom. The van der Waals surface area contributed by atoms with Crippen molar-refractivity contribution in [3.05, 3.63) is 29.8 Å². The second kappa shape index (κ2) is 6.45. The van der Waals surface area contributed by atoms with Gasteiger partial charge in [0.05, 0.1) is 12.5 Å². The van der Waals surface area contributed by atoms with Crippen LogP contribution in [0.2, 0.25) is 0 Å². The Bertz CT molecular complexity index is 498. The third-order valence-electron chi connectivity index (χ3n) is 4.33. The molecule has 0 aromatic heterocycles. The second-order valence-corrected chi connectivity index (χ2v) is 5.71. The number of amides is 1. The molecule has 1 aromatic carbocycles. The van der Waals surface area contributed by atoms with Crippen LogP contribution < -0.4 is 4.74 Å². The maximum atomic E-state index is 12.6. The highest BCUT2D eigenvalue weighted by atomic mass is 16.5. The first-order valence-electron chi connectivity index (χ1n) is 7.60. The van der Waals surface area contributed by atoms with Gasteiger partial charge in [0.25, 0.3) is 0 Å². The normalized spacial score (nSPS) is 22.5. The minimum atomic E-state index is -0.0655. The molecule has 0 bridgehead atoms. The van der Waals surface area contributed by atoms with E-state index in [9.17, 15) is 4.79 Å². The zero-order valence-electron chi connectivity index (χ0n) is 12.2. The lowest BCUT2D eigenvalue weighted by atomic mass is 9.95. The Kier molecular flexibility index (Phi) is 4.41. The molecule has 1 N–H and O–H groups in total. The molecule has 114 valence electrons. The van der Waals surface area contributed by atoms with Crippen molar-refractivity contribution in [2.75, 3.05) is 45.9 Å². The first-order valence-corrected chi connectivity index (χ1v) is 7.60. The lowest BCUT2D eigenvalue weighted by molar-refractivity contribution is -0.138. The fraction of sp³-hybridized carbons (Fsp3) is 0.562. The number of nitrogens with zero attached hydrogens (tertiary/aromatic N) is 2. The minimum absolute atomic E-state index is 0.0655. The highest BCUT2D eigenvalue weighted by Crippen LogP contribution is 2.27. The molecule has 2 aliphatic heterocycles. The Morgan fingerprint density at radius 2 is 2.00 bits per heavy atom. The second-order valence-electron chi connectivity index (χ2n) is 5.71. The molecule has 0 saturated carbocycles. The monoisotopic (exact) mass is 290 g/mol. The SMILES string of the molecule is O=C(C1COc2ccccc2C1)N1CCN(CCO)CC1. The van der Waals surface area contributed by atoms with E-state index in [1.54, 1.807) is 0 Å². The first kappa shape index (κ1) is 14.4. The van der Waals surface area contributed by atoms with Crippen LogP contribution >= 0.6 is 0 Å². The zero-order chi connectivity index (χ0) is 14.7. The number of hydrogen-bond acceptors (Lipinski definition) is 4. The summed E-state index contributed by atoms with van der Waals surface area (Å²) in [6.45, 7) is 4.54. The van der Waals surface area contributed by atoms with Gasteiger partial charge in [-0.3, -0.25) is 9.69 Å². The number of para-hydroxylation sites is 1. The van der Waals surface area contributed by atoms with Gasteiger partial charge in [0.1, 0.15) is 12.4 Å². The maximum absolute atomic E-state index is 12.6. The van der Waals surface area contributed by atoms with Gasteiger partial charge in [-0.05, 0) is 18.1 Å². The molecule has 2 heterocycles. The van der Waals surface area contributed by atoms with Crippen LogP contribution in [0, 0.1) is 5.92 Å². The van der Waals surface area contributed by atoms with Crippen LogP contribution in [0.15, 0.2) is 24.3 Å². The highest BCUT2D eigenvalue weighted by molar-refractivity contribution is 5.80. The molecular formula is C16H22N2O3. The van der Waals surface area contributed by atoms with Crippen LogP contribution in [0.25, 0.3) is 0 Å². The Balaban J connectivity index is 1.57. The molecular weight excluding hydrogens is 268 g/mol. The van der Waals surface area contributed by atoms with Gasteiger partial charge < -0.3 is 14.7 Å². The van der Waals surface area contributed by atoms with E-state index in [2.05, 4.69) is 4.90 Å². The average molecular weight is 290 g/mol. The van der Waals surface area contributed by atoms with Gasteiger partial charge in [-0.1, -0.05) is 18.2 Å². The zero-order valence-corrected chi connectivity index (χ0v) is 12.2. The summed E-state index contributed by atoms with van der Waals surface area (Å²) in [6, 6.07) is 7.95. The van der Waals surface area contributed by atoms with Crippen LogP contribution in [0.1, 0.15) is 5.56 Å². The molecule has 1 amide bonds. The van der Waals surface area contributed by atoms with E-state index in [4.69, 9.17) is 9.84 Å². The molecule has 5 heteroatoms. The molecule has 5 nitrogen and oxygen atoms in total. The summed E-state index contributed by atoms with van der Waals surface area (Å²) in [5.41, 5.74) is 1.13. The number of piperazine rings is 1. The fourth-order valence-corrected chi connectivity index (χ4v) is 3.08. The molecule has 1 fully saturated rings. The number of ether oxygens (including phenoxy) is 1. The standard InChI is InChI=1S/C16H22N2O3/c19-10-9-17-5-7-18(8-6-17)16(20)14-11-13-3-1-2-4-15(13)21-12-14/h1-4,14,19H,5-12H2. The van der Waals surface area contributed by atoms with Crippen molar-refractivity contribution in [1.82, 2.24) is 9.80 Å². The van der Waals surface area contributed by atoms with Gasteiger partial charge in [0.15, 0.2) is 0 Å². The molecule has 21 heavy (non-hydrogen) atoms. The number of fused-ring (bicyclic) bond motifs is 1. The third kappa shape index (κ3) is 3.19. The van der Waals surface area contributed by atoms with E-state index >= 15 is 0 Å². The van der Waals surface area contributed by atoms with Crippen LogP contribution in [0.4, 0.5) is 0 Å². The summed E-state index contributed by atoms with van der Waals surface area (Å²) < 4.78 is 5.72. The van der Waals surface area contributed by atoms with Crippen LogP contribution in [0.5, 0.6) is 5.75 Å². The van der Waals surface area contributed by atoms with E-state index in [-0.39, 0.29) is 18.4 Å². The van der Waals surface area contributed by atoms with Crippen LogP contribution in [-0.4, -0.2) is 66.8 Å². The topological polar surface area (TPSA) is 53.0 Å². The van der Waals surface area contributed by atoms with Gasteiger partial charge in [0, 0.05) is 32.7 Å². The number of carbonyl (C=O) groups excluding carboxylic acids is 1. The van der Waals surface area contributed by atoms with E-state index in [1.807, 2.05) is 29.2 Å². The number of aliphatic hydroxyl groups is 1. The first-order chi connectivity index (χ1) is 10.3. The van der Waals surface area contributed by atoms with Crippen molar-refractivity contribution in [3.63, 3.8) is 0 Å². The van der Waals surface area contributed by atoms with Crippen molar-refractivity contribution >= 4 is 5.91 Å². The van der Waals surface area contributed by atoms with E-state index in [0.29, 0.717) is 13.2 Å². The summed E-state index contributed by atoms with van der Waals surface area (Å²) in [6.07, 6.45) is 0.770. The smallest absolute Gasteiger partial charge is 0.229 e. The summed E-state index contributed by atoms with van der Waals surface area (Å²) in [7, 11) is 0. The summed E-state index contributed by atoms with van der Waals surface area (Å²) >= 11 is 0. The van der Waals surface area contributed by atoms with Crippen molar-refractivity contribution in [1.29, 1.82) is 0 Å². The molecule has 1 aromatic rings. The molecule has 1 atom stereocenters. The van der Waals surface area contributed by atoms with Crippen LogP contribution in [-0.2, 0) is 11.2 Å². The predicted octanol–water partition coefficient (Wildman–Crippen LogP) is 0.374. The van der Waals surface area contributed by atoms with E-state index in [1.165, 1.54) is 0 Å². The van der Waals surface area contributed by atoms with Gasteiger partial charge in [-0.2, -0.15) is 0 Å². The number of β-amino-alcohol motifs (C(OH)–C–C–N with tert-alkyl or cyclic N) is 1.